The summed E-state index contributed by atoms with van der Waals surface area (Å²) in [6, 6.07) is 5.17. The quantitative estimate of drug-likeness (QED) is 0.737. The summed E-state index contributed by atoms with van der Waals surface area (Å²) in [6.07, 6.45) is 0.220. The Balaban J connectivity index is 1.42. The molecular weight excluding hydrogens is 409 g/mol. The van der Waals surface area contributed by atoms with Crippen molar-refractivity contribution in [3.05, 3.63) is 36.3 Å². The van der Waals surface area contributed by atoms with Crippen molar-refractivity contribution in [2.75, 3.05) is 44.2 Å². The monoisotopic (exact) mass is 434 g/mol. The summed E-state index contributed by atoms with van der Waals surface area (Å²) in [5.41, 5.74) is 1.74. The van der Waals surface area contributed by atoms with Crippen LogP contribution in [0.25, 0.3) is 11.4 Å². The van der Waals surface area contributed by atoms with Gasteiger partial charge in [0.25, 0.3) is 0 Å². The zero-order valence-corrected chi connectivity index (χ0v) is 17.3. The zero-order chi connectivity index (χ0) is 22.0. The summed E-state index contributed by atoms with van der Waals surface area (Å²) in [4.78, 5) is 31.0. The van der Waals surface area contributed by atoms with Gasteiger partial charge in [0.15, 0.2) is 5.82 Å². The molecule has 166 valence electrons. The molecule has 1 amide bonds. The highest BCUT2D eigenvalue weighted by molar-refractivity contribution is 5.82. The van der Waals surface area contributed by atoms with E-state index in [0.29, 0.717) is 44.8 Å². The number of aromatic nitrogens is 3. The third-order valence-corrected chi connectivity index (χ3v) is 5.73. The topological polar surface area (TPSA) is 65.5 Å². The summed E-state index contributed by atoms with van der Waals surface area (Å²) in [5, 5.41) is 0. The van der Waals surface area contributed by atoms with Gasteiger partial charge in [-0.2, -0.15) is 13.2 Å². The van der Waals surface area contributed by atoms with Crippen molar-refractivity contribution >= 4 is 11.7 Å². The second-order valence-corrected chi connectivity index (χ2v) is 7.98. The van der Waals surface area contributed by atoms with Crippen LogP contribution in [0.4, 0.5) is 19.0 Å². The van der Waals surface area contributed by atoms with Crippen LogP contribution in [-0.4, -0.2) is 82.1 Å². The minimum atomic E-state index is -4.37. The van der Waals surface area contributed by atoms with Gasteiger partial charge < -0.3 is 9.80 Å². The highest BCUT2D eigenvalue weighted by Crippen LogP contribution is 2.25. The van der Waals surface area contributed by atoms with E-state index in [-0.39, 0.29) is 6.54 Å². The molecule has 2 saturated heterocycles. The first-order chi connectivity index (χ1) is 14.8. The van der Waals surface area contributed by atoms with E-state index in [4.69, 9.17) is 4.98 Å². The van der Waals surface area contributed by atoms with E-state index < -0.39 is 24.7 Å². The van der Waals surface area contributed by atoms with Crippen molar-refractivity contribution in [1.29, 1.82) is 0 Å². The number of pyridine rings is 1. The lowest BCUT2D eigenvalue weighted by atomic mass is 10.0. The molecule has 0 bridgehead atoms. The van der Waals surface area contributed by atoms with Crippen molar-refractivity contribution in [1.82, 2.24) is 24.8 Å². The van der Waals surface area contributed by atoms with Crippen LogP contribution in [0.1, 0.15) is 18.5 Å². The number of carbonyl (C=O) groups is 1. The fourth-order valence-electron chi connectivity index (χ4n) is 4.24. The van der Waals surface area contributed by atoms with E-state index in [1.165, 1.54) is 0 Å². The highest BCUT2D eigenvalue weighted by Gasteiger charge is 2.40. The first kappa shape index (κ1) is 21.5. The Hall–Kier alpha value is -2.75. The number of hydrogen-bond donors (Lipinski definition) is 0. The lowest BCUT2D eigenvalue weighted by Crippen LogP contribution is -2.58. The van der Waals surface area contributed by atoms with Gasteiger partial charge in [-0.3, -0.25) is 14.7 Å². The molecule has 0 spiro atoms. The van der Waals surface area contributed by atoms with Crippen molar-refractivity contribution in [3.8, 4) is 11.4 Å². The average molecular weight is 434 g/mol. The van der Waals surface area contributed by atoms with Gasteiger partial charge in [0, 0.05) is 62.4 Å². The third-order valence-electron chi connectivity index (χ3n) is 5.73. The minimum absolute atomic E-state index is 0.173. The highest BCUT2D eigenvalue weighted by atomic mass is 19.4. The van der Waals surface area contributed by atoms with Crippen LogP contribution in [0.15, 0.2) is 30.6 Å². The molecule has 2 aliphatic heterocycles. The number of anilines is 1. The molecule has 2 aliphatic rings. The molecule has 0 radical (unpaired) electrons. The van der Waals surface area contributed by atoms with Gasteiger partial charge in [-0.15, -0.1) is 0 Å². The van der Waals surface area contributed by atoms with Gasteiger partial charge in [0.1, 0.15) is 12.4 Å². The van der Waals surface area contributed by atoms with Gasteiger partial charge in [-0.25, -0.2) is 9.97 Å². The van der Waals surface area contributed by atoms with E-state index in [0.717, 1.165) is 22.0 Å². The van der Waals surface area contributed by atoms with E-state index >= 15 is 0 Å². The van der Waals surface area contributed by atoms with Gasteiger partial charge in [-0.1, -0.05) is 0 Å². The van der Waals surface area contributed by atoms with Gasteiger partial charge >= 0.3 is 6.18 Å². The summed E-state index contributed by atoms with van der Waals surface area (Å²) in [5.74, 6) is 1.03. The number of aryl methyl sites for hydroxylation is 1. The minimum Gasteiger partial charge on any atom is -0.354 e. The lowest BCUT2D eigenvalue weighted by Gasteiger charge is -2.43. The molecule has 10 heteroatoms. The molecule has 0 aliphatic carbocycles. The van der Waals surface area contributed by atoms with Crippen LogP contribution >= 0.6 is 0 Å². The fraction of sp³-hybridized carbons (Fsp3) is 0.524. The number of nitrogens with zero attached hydrogens (tertiary/aromatic N) is 6. The smallest absolute Gasteiger partial charge is 0.354 e. The number of amides is 1. The predicted molar refractivity (Wildman–Crippen MR) is 109 cm³/mol. The van der Waals surface area contributed by atoms with Crippen molar-refractivity contribution in [2.24, 2.45) is 0 Å². The Morgan fingerprint density at radius 1 is 1.06 bits per heavy atom. The van der Waals surface area contributed by atoms with Gasteiger partial charge in [0.05, 0.1) is 6.04 Å². The second-order valence-electron chi connectivity index (χ2n) is 7.98. The molecular formula is C21H25F3N6O. The van der Waals surface area contributed by atoms with E-state index in [1.807, 2.05) is 30.0 Å². The Morgan fingerprint density at radius 2 is 1.77 bits per heavy atom. The van der Waals surface area contributed by atoms with E-state index in [2.05, 4.69) is 14.9 Å². The van der Waals surface area contributed by atoms with Crippen molar-refractivity contribution in [3.63, 3.8) is 0 Å². The Kier molecular flexibility index (Phi) is 6.08. The Morgan fingerprint density at radius 3 is 2.45 bits per heavy atom. The Labute approximate surface area is 178 Å². The van der Waals surface area contributed by atoms with Crippen molar-refractivity contribution in [2.45, 2.75) is 32.0 Å². The maximum absolute atomic E-state index is 12.8. The number of hydrogen-bond acceptors (Lipinski definition) is 6. The molecule has 2 aromatic heterocycles. The van der Waals surface area contributed by atoms with Crippen molar-refractivity contribution < 1.29 is 18.0 Å². The standard InChI is InChI=1S/C21H25F3N6O/c1-15-13-18(27-19(26-15)16-4-6-25-7-5-16)29-11-9-28(10-12-29)17-3-2-8-30(20(17)31)14-21(22,23)24/h4-7,13,17H,2-3,8-12,14H2,1H3. The molecule has 4 rings (SSSR count). The second kappa shape index (κ2) is 8.78. The van der Waals surface area contributed by atoms with Gasteiger partial charge in [0.2, 0.25) is 5.91 Å². The number of likely N-dealkylation sites (tertiary alicyclic amines) is 1. The molecule has 1 atom stereocenters. The number of piperazine rings is 1. The summed E-state index contributed by atoms with van der Waals surface area (Å²) < 4.78 is 38.3. The number of rotatable bonds is 4. The van der Waals surface area contributed by atoms with E-state index in [9.17, 15) is 18.0 Å². The zero-order valence-electron chi connectivity index (χ0n) is 17.3. The van der Waals surface area contributed by atoms with Crippen LogP contribution in [0.2, 0.25) is 0 Å². The van der Waals surface area contributed by atoms with Crippen LogP contribution in [0.3, 0.4) is 0 Å². The molecule has 7 nitrogen and oxygen atoms in total. The first-order valence-electron chi connectivity index (χ1n) is 10.4. The average Bonchev–Trinajstić information content (AvgIpc) is 2.75. The molecule has 0 saturated carbocycles. The van der Waals surface area contributed by atoms with E-state index in [1.54, 1.807) is 12.4 Å². The Bertz CT molecular complexity index is 915. The number of alkyl halides is 3. The van der Waals surface area contributed by atoms with Crippen LogP contribution < -0.4 is 4.90 Å². The SMILES string of the molecule is Cc1cc(N2CCN(C3CCCN(CC(F)(F)F)C3=O)CC2)nc(-c2ccncc2)n1. The maximum Gasteiger partial charge on any atom is 0.406 e. The molecule has 31 heavy (non-hydrogen) atoms. The molecule has 1 unspecified atom stereocenters. The van der Waals surface area contributed by atoms with Crippen LogP contribution in [0.5, 0.6) is 0 Å². The summed E-state index contributed by atoms with van der Waals surface area (Å²) in [6.45, 7) is 3.42. The van der Waals surface area contributed by atoms with Crippen LogP contribution in [-0.2, 0) is 4.79 Å². The van der Waals surface area contributed by atoms with Crippen LogP contribution in [0, 0.1) is 6.92 Å². The number of piperidine rings is 1. The number of halogens is 3. The lowest BCUT2D eigenvalue weighted by molar-refractivity contribution is -0.167. The largest absolute Gasteiger partial charge is 0.406 e. The molecule has 2 aromatic rings. The predicted octanol–water partition coefficient (Wildman–Crippen LogP) is 2.52. The molecule has 2 fully saturated rings. The van der Waals surface area contributed by atoms with Gasteiger partial charge in [-0.05, 0) is 31.9 Å². The third kappa shape index (κ3) is 5.12. The molecule has 0 N–H and O–H groups in total. The maximum atomic E-state index is 12.8. The summed E-state index contributed by atoms with van der Waals surface area (Å²) >= 11 is 0. The molecule has 0 aromatic carbocycles. The normalized spacial score (nSPS) is 20.9. The fourth-order valence-corrected chi connectivity index (χ4v) is 4.24. The number of carbonyl (C=O) groups excluding carboxylic acids is 1. The summed E-state index contributed by atoms with van der Waals surface area (Å²) in [7, 11) is 0. The molecule has 4 heterocycles. The first-order valence-corrected chi connectivity index (χ1v) is 10.4.